The molecular formula is C17H29N3O. The van der Waals surface area contributed by atoms with Gasteiger partial charge in [-0.2, -0.15) is 0 Å². The lowest BCUT2D eigenvalue weighted by atomic mass is 9.90. The van der Waals surface area contributed by atoms with Crippen molar-refractivity contribution in [2.75, 3.05) is 20.1 Å². The van der Waals surface area contributed by atoms with Crippen molar-refractivity contribution in [2.45, 2.75) is 52.3 Å². The number of likely N-dealkylation sites (tertiary alicyclic amines) is 1. The maximum absolute atomic E-state index is 5.78. The molecule has 1 unspecified atom stereocenters. The van der Waals surface area contributed by atoms with Crippen LogP contribution in [0.4, 0.5) is 0 Å². The molecule has 1 saturated heterocycles. The molecular weight excluding hydrogens is 262 g/mol. The molecule has 0 aromatic carbocycles. The molecule has 4 nitrogen and oxygen atoms in total. The number of hydrogen-bond donors (Lipinski definition) is 1. The van der Waals surface area contributed by atoms with E-state index in [1.807, 2.05) is 19.9 Å². The number of hydrogen-bond acceptors (Lipinski definition) is 4. The maximum Gasteiger partial charge on any atom is 0.218 e. The summed E-state index contributed by atoms with van der Waals surface area (Å²) in [4.78, 5) is 6.77. The quantitative estimate of drug-likeness (QED) is 0.874. The van der Waals surface area contributed by atoms with Crippen molar-refractivity contribution >= 4 is 0 Å². The molecule has 0 spiro atoms. The monoisotopic (exact) mass is 291 g/mol. The molecule has 1 N–H and O–H groups in total. The van der Waals surface area contributed by atoms with Gasteiger partial charge in [-0.15, -0.1) is 0 Å². The number of rotatable bonds is 6. The van der Waals surface area contributed by atoms with Crippen molar-refractivity contribution < 1.29 is 4.74 Å². The first-order valence-electron chi connectivity index (χ1n) is 8.08. The van der Waals surface area contributed by atoms with Crippen molar-refractivity contribution in [3.05, 3.63) is 23.9 Å². The van der Waals surface area contributed by atoms with Crippen LogP contribution in [0.2, 0.25) is 0 Å². The third kappa shape index (κ3) is 4.97. The van der Waals surface area contributed by atoms with E-state index in [4.69, 9.17) is 4.74 Å². The molecule has 2 heterocycles. The normalized spacial score (nSPS) is 18.9. The summed E-state index contributed by atoms with van der Waals surface area (Å²) in [6, 6.07) is 4.61. The highest BCUT2D eigenvalue weighted by Crippen LogP contribution is 2.21. The first kappa shape index (κ1) is 16.2. The molecule has 21 heavy (non-hydrogen) atoms. The molecule has 1 aliphatic heterocycles. The van der Waals surface area contributed by atoms with Crippen LogP contribution in [0.15, 0.2) is 18.3 Å². The molecule has 0 amide bonds. The van der Waals surface area contributed by atoms with Gasteiger partial charge in [-0.3, -0.25) is 0 Å². The first-order valence-corrected chi connectivity index (χ1v) is 8.08. The topological polar surface area (TPSA) is 37.4 Å². The molecule has 0 saturated carbocycles. The summed E-state index contributed by atoms with van der Waals surface area (Å²) >= 11 is 0. The zero-order valence-corrected chi connectivity index (χ0v) is 13.8. The van der Waals surface area contributed by atoms with Crippen LogP contribution < -0.4 is 10.1 Å². The Morgan fingerprint density at radius 3 is 2.71 bits per heavy atom. The Labute approximate surface area is 128 Å². The van der Waals surface area contributed by atoms with Crippen LogP contribution in [0.5, 0.6) is 5.88 Å². The van der Waals surface area contributed by atoms with Crippen LogP contribution in [0.25, 0.3) is 0 Å². The van der Waals surface area contributed by atoms with Crippen molar-refractivity contribution in [1.29, 1.82) is 0 Å². The molecule has 118 valence electrons. The Morgan fingerprint density at radius 2 is 2.05 bits per heavy atom. The van der Waals surface area contributed by atoms with E-state index < -0.39 is 0 Å². The summed E-state index contributed by atoms with van der Waals surface area (Å²) in [5, 5.41) is 3.66. The fraction of sp³-hybridized carbons (Fsp3) is 0.706. The fourth-order valence-corrected chi connectivity index (χ4v) is 2.85. The maximum atomic E-state index is 5.78. The minimum atomic E-state index is 0.157. The Bertz CT molecular complexity index is 428. The minimum Gasteiger partial charge on any atom is -0.475 e. The van der Waals surface area contributed by atoms with E-state index in [1.54, 1.807) is 6.20 Å². The number of nitrogens with one attached hydrogen (secondary N) is 1. The second kappa shape index (κ2) is 7.76. The van der Waals surface area contributed by atoms with E-state index in [-0.39, 0.29) is 6.10 Å². The van der Waals surface area contributed by atoms with Crippen LogP contribution in [0.3, 0.4) is 0 Å². The van der Waals surface area contributed by atoms with Gasteiger partial charge in [-0.1, -0.05) is 6.07 Å². The number of pyridine rings is 1. The van der Waals surface area contributed by atoms with E-state index in [1.165, 1.54) is 25.9 Å². The van der Waals surface area contributed by atoms with Gasteiger partial charge in [0.2, 0.25) is 5.88 Å². The third-order valence-electron chi connectivity index (χ3n) is 4.28. The summed E-state index contributed by atoms with van der Waals surface area (Å²) in [6.45, 7) is 9.62. The standard InChI is InChI=1S/C17H29N3O/c1-13(2)21-17-16(6-5-9-18-17)12-19-14(3)15-7-10-20(4)11-8-15/h5-6,9,13-15,19H,7-8,10-12H2,1-4H3. The second-order valence-corrected chi connectivity index (χ2v) is 6.44. The van der Waals surface area contributed by atoms with Crippen molar-refractivity contribution in [3.8, 4) is 5.88 Å². The van der Waals surface area contributed by atoms with E-state index >= 15 is 0 Å². The molecule has 1 atom stereocenters. The molecule has 1 fully saturated rings. The number of ether oxygens (including phenoxy) is 1. The van der Waals surface area contributed by atoms with Gasteiger partial charge < -0.3 is 15.0 Å². The largest absolute Gasteiger partial charge is 0.475 e. The van der Waals surface area contributed by atoms with E-state index in [0.717, 1.165) is 23.9 Å². The lowest BCUT2D eigenvalue weighted by Crippen LogP contribution is -2.40. The fourth-order valence-electron chi connectivity index (χ4n) is 2.85. The predicted molar refractivity (Wildman–Crippen MR) is 86.5 cm³/mol. The first-order chi connectivity index (χ1) is 10.1. The molecule has 0 aliphatic carbocycles. The zero-order valence-electron chi connectivity index (χ0n) is 13.8. The lowest BCUT2D eigenvalue weighted by Gasteiger charge is -2.33. The van der Waals surface area contributed by atoms with Gasteiger partial charge in [0.25, 0.3) is 0 Å². The number of nitrogens with zero attached hydrogens (tertiary/aromatic N) is 2. The SMILES string of the molecule is CC(C)Oc1ncccc1CNC(C)C1CCN(C)CC1. The van der Waals surface area contributed by atoms with Crippen molar-refractivity contribution in [2.24, 2.45) is 5.92 Å². The minimum absolute atomic E-state index is 0.157. The molecule has 1 aromatic heterocycles. The van der Waals surface area contributed by atoms with Gasteiger partial charge in [-0.25, -0.2) is 4.98 Å². The van der Waals surface area contributed by atoms with Crippen LogP contribution in [0, 0.1) is 5.92 Å². The smallest absolute Gasteiger partial charge is 0.218 e. The van der Waals surface area contributed by atoms with Gasteiger partial charge in [0.1, 0.15) is 0 Å². The van der Waals surface area contributed by atoms with Gasteiger partial charge in [-0.05, 0) is 65.7 Å². The summed E-state index contributed by atoms with van der Waals surface area (Å²) < 4.78 is 5.78. The van der Waals surface area contributed by atoms with Crippen molar-refractivity contribution in [1.82, 2.24) is 15.2 Å². The third-order valence-corrected chi connectivity index (χ3v) is 4.28. The summed E-state index contributed by atoms with van der Waals surface area (Å²) in [6.07, 6.45) is 4.52. The average molecular weight is 291 g/mol. The lowest BCUT2D eigenvalue weighted by molar-refractivity contribution is 0.188. The van der Waals surface area contributed by atoms with E-state index in [0.29, 0.717) is 6.04 Å². The Morgan fingerprint density at radius 1 is 1.33 bits per heavy atom. The number of aromatic nitrogens is 1. The highest BCUT2D eigenvalue weighted by Gasteiger charge is 2.22. The zero-order chi connectivity index (χ0) is 15.2. The highest BCUT2D eigenvalue weighted by molar-refractivity contribution is 5.25. The average Bonchev–Trinajstić information content (AvgIpc) is 2.46. The van der Waals surface area contributed by atoms with Crippen LogP contribution in [-0.2, 0) is 6.54 Å². The van der Waals surface area contributed by atoms with Gasteiger partial charge in [0, 0.05) is 24.3 Å². The summed E-state index contributed by atoms with van der Waals surface area (Å²) in [7, 11) is 2.21. The summed E-state index contributed by atoms with van der Waals surface area (Å²) in [5.74, 6) is 1.53. The van der Waals surface area contributed by atoms with Gasteiger partial charge >= 0.3 is 0 Å². The highest BCUT2D eigenvalue weighted by atomic mass is 16.5. The van der Waals surface area contributed by atoms with E-state index in [9.17, 15) is 0 Å². The molecule has 1 aliphatic rings. The van der Waals surface area contributed by atoms with Gasteiger partial charge in [0.05, 0.1) is 6.10 Å². The molecule has 4 heteroatoms. The van der Waals surface area contributed by atoms with E-state index in [2.05, 4.69) is 35.2 Å². The second-order valence-electron chi connectivity index (χ2n) is 6.44. The Balaban J connectivity index is 1.87. The van der Waals surface area contributed by atoms with Crippen LogP contribution in [0.1, 0.15) is 39.2 Å². The Hall–Kier alpha value is -1.13. The number of piperidine rings is 1. The van der Waals surface area contributed by atoms with Crippen molar-refractivity contribution in [3.63, 3.8) is 0 Å². The van der Waals surface area contributed by atoms with Gasteiger partial charge in [0.15, 0.2) is 0 Å². The molecule has 2 rings (SSSR count). The molecule has 0 radical (unpaired) electrons. The molecule has 1 aromatic rings. The predicted octanol–water partition coefficient (Wildman–Crippen LogP) is 2.69. The van der Waals surface area contributed by atoms with Crippen LogP contribution in [-0.4, -0.2) is 42.2 Å². The molecule has 0 bridgehead atoms. The van der Waals surface area contributed by atoms with Crippen LogP contribution >= 0.6 is 0 Å². The summed E-state index contributed by atoms with van der Waals surface area (Å²) in [5.41, 5.74) is 1.14. The Kier molecular flexibility index (Phi) is 6.00.